The molecule has 128 valence electrons. The Morgan fingerprint density at radius 2 is 1.92 bits per heavy atom. The lowest BCUT2D eigenvalue weighted by molar-refractivity contribution is 0.223. The fourth-order valence-corrected chi connectivity index (χ4v) is 2.33. The standard InChI is InChI=1S/C19H24N2O3/c1-3-16-8-4-5-10-18(16)24-14-21-19(22)20-12-11-15-7-6-9-17(13-15)23-2/h4-10,13H,3,11-12,14H2,1-2H3,(H2,20,21,22). The van der Waals surface area contributed by atoms with E-state index < -0.39 is 0 Å². The van der Waals surface area contributed by atoms with E-state index in [4.69, 9.17) is 9.47 Å². The molecular formula is C19H24N2O3. The maximum absolute atomic E-state index is 11.8. The van der Waals surface area contributed by atoms with Gasteiger partial charge in [-0.05, 0) is 42.2 Å². The van der Waals surface area contributed by atoms with Gasteiger partial charge in [0.15, 0.2) is 6.73 Å². The fourth-order valence-electron chi connectivity index (χ4n) is 2.33. The van der Waals surface area contributed by atoms with Crippen molar-refractivity contribution in [1.82, 2.24) is 10.6 Å². The summed E-state index contributed by atoms with van der Waals surface area (Å²) in [6.45, 7) is 2.76. The van der Waals surface area contributed by atoms with Gasteiger partial charge in [-0.3, -0.25) is 0 Å². The zero-order chi connectivity index (χ0) is 17.2. The van der Waals surface area contributed by atoms with E-state index in [1.807, 2.05) is 48.5 Å². The van der Waals surface area contributed by atoms with Crippen molar-refractivity contribution in [1.29, 1.82) is 0 Å². The molecule has 5 nitrogen and oxygen atoms in total. The molecule has 0 spiro atoms. The number of benzene rings is 2. The minimum Gasteiger partial charge on any atom is -0.497 e. The number of hydrogen-bond donors (Lipinski definition) is 2. The molecule has 0 aliphatic carbocycles. The first-order valence-corrected chi connectivity index (χ1v) is 8.08. The monoisotopic (exact) mass is 328 g/mol. The van der Waals surface area contributed by atoms with Crippen molar-refractivity contribution in [2.24, 2.45) is 0 Å². The largest absolute Gasteiger partial charge is 0.497 e. The van der Waals surface area contributed by atoms with Gasteiger partial charge in [-0.25, -0.2) is 4.79 Å². The Labute approximate surface area is 143 Å². The topological polar surface area (TPSA) is 59.6 Å². The van der Waals surface area contributed by atoms with Crippen LogP contribution >= 0.6 is 0 Å². The zero-order valence-electron chi connectivity index (χ0n) is 14.2. The zero-order valence-corrected chi connectivity index (χ0v) is 14.2. The van der Waals surface area contributed by atoms with Crippen LogP contribution in [0.1, 0.15) is 18.1 Å². The van der Waals surface area contributed by atoms with Crippen molar-refractivity contribution in [3.05, 3.63) is 59.7 Å². The van der Waals surface area contributed by atoms with Crippen LogP contribution in [0.5, 0.6) is 11.5 Å². The van der Waals surface area contributed by atoms with Crippen molar-refractivity contribution in [3.63, 3.8) is 0 Å². The molecule has 0 aromatic heterocycles. The molecule has 0 unspecified atom stereocenters. The number of methoxy groups -OCH3 is 1. The van der Waals surface area contributed by atoms with Crippen LogP contribution in [0.2, 0.25) is 0 Å². The molecule has 2 amide bonds. The first-order chi connectivity index (χ1) is 11.7. The molecule has 0 radical (unpaired) electrons. The SMILES string of the molecule is CCc1ccccc1OCNC(=O)NCCc1cccc(OC)c1. The van der Waals surface area contributed by atoms with Gasteiger partial charge in [-0.15, -0.1) is 0 Å². The van der Waals surface area contributed by atoms with Crippen LogP contribution in [0.4, 0.5) is 4.79 Å². The van der Waals surface area contributed by atoms with Crippen LogP contribution in [0.15, 0.2) is 48.5 Å². The number of urea groups is 1. The quantitative estimate of drug-likeness (QED) is 0.732. The maximum atomic E-state index is 11.8. The summed E-state index contributed by atoms with van der Waals surface area (Å²) in [5.41, 5.74) is 2.24. The van der Waals surface area contributed by atoms with Crippen molar-refractivity contribution < 1.29 is 14.3 Å². The van der Waals surface area contributed by atoms with E-state index in [2.05, 4.69) is 17.6 Å². The highest BCUT2D eigenvalue weighted by molar-refractivity contribution is 5.73. The van der Waals surface area contributed by atoms with Gasteiger partial charge in [0.05, 0.1) is 7.11 Å². The molecule has 0 saturated heterocycles. The van der Waals surface area contributed by atoms with Gasteiger partial charge >= 0.3 is 6.03 Å². The third-order valence-corrected chi connectivity index (χ3v) is 3.65. The Kier molecular flexibility index (Phi) is 6.95. The highest BCUT2D eigenvalue weighted by atomic mass is 16.5. The third kappa shape index (κ3) is 5.50. The number of nitrogens with one attached hydrogen (secondary N) is 2. The third-order valence-electron chi connectivity index (χ3n) is 3.65. The van der Waals surface area contributed by atoms with Gasteiger partial charge in [0, 0.05) is 6.54 Å². The lowest BCUT2D eigenvalue weighted by atomic mass is 10.1. The number of carbonyl (C=O) groups excluding carboxylic acids is 1. The Hall–Kier alpha value is -2.69. The predicted octanol–water partition coefficient (Wildman–Crippen LogP) is 3.14. The second-order valence-corrected chi connectivity index (χ2v) is 5.28. The molecule has 2 aromatic carbocycles. The molecule has 0 saturated carbocycles. The summed E-state index contributed by atoms with van der Waals surface area (Å²) < 4.78 is 10.8. The Morgan fingerprint density at radius 3 is 2.71 bits per heavy atom. The lowest BCUT2D eigenvalue weighted by Gasteiger charge is -2.12. The first kappa shape index (κ1) is 17.7. The average molecular weight is 328 g/mol. The van der Waals surface area contributed by atoms with Gasteiger partial charge in [0.2, 0.25) is 0 Å². The van der Waals surface area contributed by atoms with Gasteiger partial charge in [0.25, 0.3) is 0 Å². The molecular weight excluding hydrogens is 304 g/mol. The van der Waals surface area contributed by atoms with Gasteiger partial charge in [-0.2, -0.15) is 0 Å². The van der Waals surface area contributed by atoms with E-state index in [9.17, 15) is 4.79 Å². The summed E-state index contributed by atoms with van der Waals surface area (Å²) in [5.74, 6) is 1.62. The van der Waals surface area contributed by atoms with Crippen molar-refractivity contribution in [2.45, 2.75) is 19.8 Å². The minimum absolute atomic E-state index is 0.141. The van der Waals surface area contributed by atoms with E-state index in [0.717, 1.165) is 35.5 Å². The molecule has 24 heavy (non-hydrogen) atoms. The average Bonchev–Trinajstić information content (AvgIpc) is 2.62. The van der Waals surface area contributed by atoms with Crippen LogP contribution in [0.3, 0.4) is 0 Å². The van der Waals surface area contributed by atoms with Crippen LogP contribution in [-0.4, -0.2) is 26.4 Å². The summed E-state index contributed by atoms with van der Waals surface area (Å²) in [6, 6.07) is 15.4. The Balaban J connectivity index is 1.68. The normalized spacial score (nSPS) is 10.1. The van der Waals surface area contributed by atoms with E-state index in [1.54, 1.807) is 7.11 Å². The molecule has 0 bridgehead atoms. The molecule has 5 heteroatoms. The Bertz CT molecular complexity index is 659. The summed E-state index contributed by atoms with van der Waals surface area (Å²) in [7, 11) is 1.64. The number of rotatable bonds is 8. The van der Waals surface area contributed by atoms with Crippen molar-refractivity contribution in [3.8, 4) is 11.5 Å². The van der Waals surface area contributed by atoms with Crippen LogP contribution in [-0.2, 0) is 12.8 Å². The first-order valence-electron chi connectivity index (χ1n) is 8.08. The molecule has 0 fully saturated rings. The highest BCUT2D eigenvalue weighted by Gasteiger charge is 2.03. The van der Waals surface area contributed by atoms with Gasteiger partial charge in [0.1, 0.15) is 11.5 Å². The fraction of sp³-hybridized carbons (Fsp3) is 0.316. The van der Waals surface area contributed by atoms with Crippen molar-refractivity contribution >= 4 is 6.03 Å². The molecule has 2 aromatic rings. The Morgan fingerprint density at radius 1 is 1.08 bits per heavy atom. The number of hydrogen-bond acceptors (Lipinski definition) is 3. The number of para-hydroxylation sites is 1. The number of carbonyl (C=O) groups is 1. The van der Waals surface area contributed by atoms with Gasteiger partial charge < -0.3 is 20.1 Å². The van der Waals surface area contributed by atoms with E-state index in [-0.39, 0.29) is 12.8 Å². The molecule has 0 atom stereocenters. The summed E-state index contributed by atoms with van der Waals surface area (Å²) in [6.07, 6.45) is 1.63. The van der Waals surface area contributed by atoms with Crippen LogP contribution in [0.25, 0.3) is 0 Å². The second kappa shape index (κ2) is 9.45. The van der Waals surface area contributed by atoms with E-state index in [0.29, 0.717) is 6.54 Å². The highest BCUT2D eigenvalue weighted by Crippen LogP contribution is 2.17. The van der Waals surface area contributed by atoms with E-state index >= 15 is 0 Å². The minimum atomic E-state index is -0.244. The lowest BCUT2D eigenvalue weighted by Crippen LogP contribution is -2.38. The van der Waals surface area contributed by atoms with Crippen LogP contribution in [0, 0.1) is 0 Å². The number of amides is 2. The molecule has 2 N–H and O–H groups in total. The maximum Gasteiger partial charge on any atom is 0.317 e. The van der Waals surface area contributed by atoms with Gasteiger partial charge in [-0.1, -0.05) is 37.3 Å². The molecule has 2 rings (SSSR count). The summed E-state index contributed by atoms with van der Waals surface area (Å²) >= 11 is 0. The number of aryl methyl sites for hydroxylation is 1. The number of ether oxygens (including phenoxy) is 2. The molecule has 0 aliphatic rings. The van der Waals surface area contributed by atoms with E-state index in [1.165, 1.54) is 0 Å². The predicted molar refractivity (Wildman–Crippen MR) is 94.5 cm³/mol. The smallest absolute Gasteiger partial charge is 0.317 e. The summed E-state index contributed by atoms with van der Waals surface area (Å²) in [4.78, 5) is 11.8. The second-order valence-electron chi connectivity index (χ2n) is 5.28. The summed E-state index contributed by atoms with van der Waals surface area (Å²) in [5, 5.41) is 5.51. The molecule has 0 aliphatic heterocycles. The molecule has 0 heterocycles. The van der Waals surface area contributed by atoms with Crippen molar-refractivity contribution in [2.75, 3.05) is 20.4 Å². The van der Waals surface area contributed by atoms with Crippen LogP contribution < -0.4 is 20.1 Å².